The fraction of sp³-hybridized carbons (Fsp3) is 0.375. The van der Waals surface area contributed by atoms with Gasteiger partial charge in [0.05, 0.1) is 17.7 Å². The summed E-state index contributed by atoms with van der Waals surface area (Å²) in [5.74, 6) is -0.333. The highest BCUT2D eigenvalue weighted by atomic mass is 32.2. The Hall–Kier alpha value is -2.31. The zero-order valence-corrected chi connectivity index (χ0v) is 15.0. The third-order valence-electron chi connectivity index (χ3n) is 4.25. The van der Waals surface area contributed by atoms with Gasteiger partial charge < -0.3 is 25.1 Å². The lowest BCUT2D eigenvalue weighted by atomic mass is 10.1. The van der Waals surface area contributed by atoms with Crippen LogP contribution in [0.4, 0.5) is 5.82 Å². The highest BCUT2D eigenvalue weighted by molar-refractivity contribution is 7.86. The van der Waals surface area contributed by atoms with Crippen molar-refractivity contribution in [2.24, 2.45) is 0 Å². The van der Waals surface area contributed by atoms with E-state index in [9.17, 15) is 28.7 Å². The summed E-state index contributed by atoms with van der Waals surface area (Å²) in [6.07, 6.45) is -4.08. The lowest BCUT2D eigenvalue weighted by molar-refractivity contribution is -0.394. The van der Waals surface area contributed by atoms with Crippen LogP contribution in [-0.2, 0) is 19.0 Å². The van der Waals surface area contributed by atoms with E-state index in [-0.39, 0.29) is 10.7 Å². The number of aromatic nitrogens is 1. The summed E-state index contributed by atoms with van der Waals surface area (Å²) >= 11 is 0. The number of aliphatic hydroxyl groups is 2. The van der Waals surface area contributed by atoms with Gasteiger partial charge in [0.1, 0.15) is 18.3 Å². The number of benzene rings is 1. The van der Waals surface area contributed by atoms with E-state index in [0.29, 0.717) is 0 Å². The van der Waals surface area contributed by atoms with Crippen LogP contribution < -0.4 is 0 Å². The molecule has 2 aromatic rings. The van der Waals surface area contributed by atoms with E-state index in [0.717, 1.165) is 10.1 Å². The van der Waals surface area contributed by atoms with Gasteiger partial charge in [-0.3, -0.25) is 4.18 Å². The van der Waals surface area contributed by atoms with Crippen LogP contribution in [0.1, 0.15) is 11.8 Å². The zero-order valence-electron chi connectivity index (χ0n) is 14.2. The molecule has 0 spiro atoms. The number of ether oxygens (including phenoxy) is 1. The van der Waals surface area contributed by atoms with E-state index in [1.165, 1.54) is 30.5 Å². The first-order valence-corrected chi connectivity index (χ1v) is 9.40. The van der Waals surface area contributed by atoms with E-state index in [1.807, 2.05) is 6.92 Å². The van der Waals surface area contributed by atoms with Crippen molar-refractivity contribution in [3.05, 3.63) is 58.3 Å². The highest BCUT2D eigenvalue weighted by Gasteiger charge is 2.47. The lowest BCUT2D eigenvalue weighted by Gasteiger charge is -2.14. The molecule has 10 nitrogen and oxygen atoms in total. The Morgan fingerprint density at radius 1 is 1.22 bits per heavy atom. The van der Waals surface area contributed by atoms with Crippen LogP contribution in [-0.4, -0.2) is 53.0 Å². The van der Waals surface area contributed by atoms with Crippen LogP contribution >= 0.6 is 0 Å². The molecule has 1 aromatic heterocycles. The quantitative estimate of drug-likeness (QED) is 0.412. The Morgan fingerprint density at radius 2 is 1.89 bits per heavy atom. The molecule has 1 saturated heterocycles. The molecule has 1 fully saturated rings. The van der Waals surface area contributed by atoms with Gasteiger partial charge in [-0.2, -0.15) is 8.42 Å². The summed E-state index contributed by atoms with van der Waals surface area (Å²) in [5.41, 5.74) is 0.878. The molecule has 0 bridgehead atoms. The molecule has 11 heteroatoms. The molecule has 0 saturated carbocycles. The maximum Gasteiger partial charge on any atom is 0.325 e. The SMILES string of the molecule is Cc1ccc(S(=O)(=O)OCC2OC(n3cccc3[N+](=O)[O-])C(O)C2O)cc1. The summed E-state index contributed by atoms with van der Waals surface area (Å²) in [7, 11) is -4.09. The number of nitro groups is 1. The third kappa shape index (κ3) is 3.87. The van der Waals surface area contributed by atoms with Crippen LogP contribution in [0, 0.1) is 17.0 Å². The number of hydrogen-bond acceptors (Lipinski definition) is 8. The second-order valence-electron chi connectivity index (χ2n) is 6.13. The van der Waals surface area contributed by atoms with Gasteiger partial charge in [0.15, 0.2) is 0 Å². The Kier molecular flexibility index (Phi) is 5.31. The van der Waals surface area contributed by atoms with Crippen molar-refractivity contribution < 1.29 is 32.5 Å². The molecule has 4 atom stereocenters. The van der Waals surface area contributed by atoms with Crippen molar-refractivity contribution >= 4 is 15.9 Å². The summed E-state index contributed by atoms with van der Waals surface area (Å²) in [6.45, 7) is 1.25. The average Bonchev–Trinajstić information content (AvgIpc) is 3.20. The van der Waals surface area contributed by atoms with Crippen LogP contribution in [0.15, 0.2) is 47.5 Å². The minimum atomic E-state index is -4.09. The number of aliphatic hydroxyl groups excluding tert-OH is 2. The smallest absolute Gasteiger partial charge is 0.325 e. The van der Waals surface area contributed by atoms with Gasteiger partial charge >= 0.3 is 5.82 Å². The number of rotatable bonds is 6. The van der Waals surface area contributed by atoms with E-state index < -0.39 is 46.2 Å². The van der Waals surface area contributed by atoms with Gasteiger partial charge in [0, 0.05) is 6.07 Å². The summed E-state index contributed by atoms with van der Waals surface area (Å²) < 4.78 is 35.9. The minimum absolute atomic E-state index is 0.0567. The van der Waals surface area contributed by atoms with Crippen LogP contribution in [0.25, 0.3) is 0 Å². The van der Waals surface area contributed by atoms with E-state index in [4.69, 9.17) is 8.92 Å². The molecule has 2 heterocycles. The molecule has 4 unspecified atom stereocenters. The van der Waals surface area contributed by atoms with Crippen molar-refractivity contribution in [3.8, 4) is 0 Å². The molecule has 0 radical (unpaired) electrons. The van der Waals surface area contributed by atoms with Gasteiger partial charge in [-0.15, -0.1) is 0 Å². The van der Waals surface area contributed by atoms with Gasteiger partial charge in [-0.25, -0.2) is 4.57 Å². The largest absolute Gasteiger partial charge is 0.387 e. The van der Waals surface area contributed by atoms with Crippen molar-refractivity contribution in [2.75, 3.05) is 6.61 Å². The van der Waals surface area contributed by atoms with Crippen molar-refractivity contribution in [1.29, 1.82) is 0 Å². The summed E-state index contributed by atoms with van der Waals surface area (Å²) in [5, 5.41) is 31.3. The predicted molar refractivity (Wildman–Crippen MR) is 91.3 cm³/mol. The first-order chi connectivity index (χ1) is 12.7. The highest BCUT2D eigenvalue weighted by Crippen LogP contribution is 2.33. The summed E-state index contributed by atoms with van der Waals surface area (Å²) in [4.78, 5) is 10.3. The molecule has 1 aromatic carbocycles. The molecule has 1 aliphatic heterocycles. The van der Waals surface area contributed by atoms with Crippen molar-refractivity contribution in [2.45, 2.75) is 36.4 Å². The fourth-order valence-corrected chi connectivity index (χ4v) is 3.70. The number of nitrogens with zero attached hydrogens (tertiary/aromatic N) is 2. The zero-order chi connectivity index (χ0) is 19.8. The van der Waals surface area contributed by atoms with Crippen molar-refractivity contribution in [3.63, 3.8) is 0 Å². The third-order valence-corrected chi connectivity index (χ3v) is 5.55. The Morgan fingerprint density at radius 3 is 2.52 bits per heavy atom. The maximum atomic E-state index is 12.2. The standard InChI is InChI=1S/C16H18N2O8S/c1-10-4-6-11(7-5-10)27(23,24)25-9-12-14(19)15(20)16(26-12)17-8-2-3-13(17)18(21)22/h2-8,12,14-16,19-20H,9H2,1H3. The minimum Gasteiger partial charge on any atom is -0.387 e. The first-order valence-electron chi connectivity index (χ1n) is 7.99. The first kappa shape index (κ1) is 19.5. The predicted octanol–water partition coefficient (Wildman–Crippen LogP) is 0.729. The van der Waals surface area contributed by atoms with Crippen molar-refractivity contribution in [1.82, 2.24) is 4.57 Å². The van der Waals surface area contributed by atoms with E-state index >= 15 is 0 Å². The van der Waals surface area contributed by atoms with Crippen LogP contribution in [0.5, 0.6) is 0 Å². The number of aryl methyl sites for hydroxylation is 1. The van der Waals surface area contributed by atoms with Crippen LogP contribution in [0.3, 0.4) is 0 Å². The topological polar surface area (TPSA) is 141 Å². The molecule has 0 amide bonds. The van der Waals surface area contributed by atoms with E-state index in [1.54, 1.807) is 12.1 Å². The maximum absolute atomic E-state index is 12.2. The van der Waals surface area contributed by atoms with Gasteiger partial charge in [-0.1, -0.05) is 17.7 Å². The normalized spacial score (nSPS) is 25.6. The van der Waals surface area contributed by atoms with Gasteiger partial charge in [0.2, 0.25) is 6.23 Å². The fourth-order valence-electron chi connectivity index (χ4n) is 2.78. The van der Waals surface area contributed by atoms with E-state index in [2.05, 4.69) is 0 Å². The van der Waals surface area contributed by atoms with Gasteiger partial charge in [0.25, 0.3) is 10.1 Å². The van der Waals surface area contributed by atoms with Crippen LogP contribution in [0.2, 0.25) is 0 Å². The molecule has 27 heavy (non-hydrogen) atoms. The molecule has 2 N–H and O–H groups in total. The second kappa shape index (κ2) is 7.37. The molecule has 146 valence electrons. The number of hydrogen-bond donors (Lipinski definition) is 2. The van der Waals surface area contributed by atoms with Gasteiger partial charge in [-0.05, 0) is 30.0 Å². The summed E-state index contributed by atoms with van der Waals surface area (Å²) in [6, 6.07) is 8.61. The molecular formula is C16H18N2O8S. The Labute approximate surface area is 154 Å². The Balaban J connectivity index is 1.72. The molecular weight excluding hydrogens is 380 g/mol. The average molecular weight is 398 g/mol. The monoisotopic (exact) mass is 398 g/mol. The molecule has 1 aliphatic rings. The molecule has 3 rings (SSSR count). The lowest BCUT2D eigenvalue weighted by Crippen LogP contribution is -2.34. The Bertz CT molecular complexity index is 924. The second-order valence-corrected chi connectivity index (χ2v) is 7.74. The molecule has 0 aliphatic carbocycles.